The van der Waals surface area contributed by atoms with Gasteiger partial charge >= 0.3 is 0 Å². The van der Waals surface area contributed by atoms with E-state index in [2.05, 4.69) is 15.2 Å². The third-order valence-electron chi connectivity index (χ3n) is 4.01. The fourth-order valence-corrected chi connectivity index (χ4v) is 2.79. The topological polar surface area (TPSA) is 50.3 Å². The van der Waals surface area contributed by atoms with E-state index >= 15 is 0 Å². The summed E-state index contributed by atoms with van der Waals surface area (Å²) >= 11 is 0. The minimum Gasteiger partial charge on any atom is -0.475 e. The summed E-state index contributed by atoms with van der Waals surface area (Å²) in [6.07, 6.45) is 2.24. The lowest BCUT2D eigenvalue weighted by Gasteiger charge is -2.33. The number of anilines is 1. The number of hydrogen-bond donors (Lipinski definition) is 1. The smallest absolute Gasteiger partial charge is 0.258 e. The van der Waals surface area contributed by atoms with Gasteiger partial charge in [-0.3, -0.25) is 0 Å². The number of para-hydroxylation sites is 2. The summed E-state index contributed by atoms with van der Waals surface area (Å²) in [6.45, 7) is 4.55. The van der Waals surface area contributed by atoms with Crippen LogP contribution in [0.1, 0.15) is 19.8 Å². The normalized spacial score (nSPS) is 15.6. The van der Waals surface area contributed by atoms with E-state index in [0.29, 0.717) is 18.5 Å². The first-order chi connectivity index (χ1) is 10.3. The van der Waals surface area contributed by atoms with Crippen molar-refractivity contribution in [1.29, 1.82) is 0 Å². The molecule has 0 atom stereocenters. The zero-order valence-electron chi connectivity index (χ0n) is 13.1. The Morgan fingerprint density at radius 2 is 1.82 bits per heavy atom. The maximum atomic E-state index is 5.72. The highest BCUT2D eigenvalue weighted by Crippen LogP contribution is 2.29. The highest BCUT2D eigenvalue weighted by atomic mass is 35.5. The van der Waals surface area contributed by atoms with Crippen molar-refractivity contribution in [3.63, 3.8) is 0 Å². The van der Waals surface area contributed by atoms with Gasteiger partial charge in [0.15, 0.2) is 5.82 Å². The van der Waals surface area contributed by atoms with Crippen LogP contribution in [0.4, 0.5) is 5.82 Å². The Hall–Kier alpha value is -1.59. The molecule has 2 aromatic rings. The molecule has 0 aliphatic carbocycles. The van der Waals surface area contributed by atoms with Crippen LogP contribution in [0.15, 0.2) is 24.3 Å². The number of aromatic nitrogens is 2. The number of benzene rings is 1. The average Bonchev–Trinajstić information content (AvgIpc) is 2.55. The zero-order chi connectivity index (χ0) is 14.7. The van der Waals surface area contributed by atoms with Crippen LogP contribution in [0.5, 0.6) is 5.88 Å². The van der Waals surface area contributed by atoms with Crippen molar-refractivity contribution in [2.45, 2.75) is 25.8 Å². The Morgan fingerprint density at radius 3 is 2.41 bits per heavy atom. The molecule has 1 aromatic heterocycles. The first kappa shape index (κ1) is 16.8. The van der Waals surface area contributed by atoms with Crippen LogP contribution in [-0.4, -0.2) is 42.8 Å². The molecular formula is C16H23ClN4O. The Balaban J connectivity index is 0.00000176. The van der Waals surface area contributed by atoms with E-state index < -0.39 is 0 Å². The summed E-state index contributed by atoms with van der Waals surface area (Å²) in [4.78, 5) is 11.7. The molecule has 0 amide bonds. The molecule has 1 aliphatic rings. The van der Waals surface area contributed by atoms with Gasteiger partial charge in [0.25, 0.3) is 5.88 Å². The predicted octanol–water partition coefficient (Wildman–Crippen LogP) is 2.64. The van der Waals surface area contributed by atoms with E-state index in [0.717, 1.165) is 42.8 Å². The van der Waals surface area contributed by atoms with E-state index in [9.17, 15) is 0 Å². The molecule has 0 bridgehead atoms. The van der Waals surface area contributed by atoms with Crippen molar-refractivity contribution in [3.05, 3.63) is 24.3 Å². The van der Waals surface area contributed by atoms with Crippen molar-refractivity contribution < 1.29 is 4.74 Å². The van der Waals surface area contributed by atoms with E-state index in [-0.39, 0.29) is 12.4 Å². The van der Waals surface area contributed by atoms with Crippen molar-refractivity contribution in [1.82, 2.24) is 15.3 Å². The maximum absolute atomic E-state index is 5.72. The molecule has 120 valence electrons. The average molecular weight is 323 g/mol. The predicted molar refractivity (Wildman–Crippen MR) is 92.2 cm³/mol. The molecule has 0 radical (unpaired) electrons. The van der Waals surface area contributed by atoms with E-state index in [1.807, 2.05) is 38.2 Å². The largest absolute Gasteiger partial charge is 0.475 e. The number of halogens is 1. The summed E-state index contributed by atoms with van der Waals surface area (Å²) in [6, 6.07) is 8.55. The lowest BCUT2D eigenvalue weighted by molar-refractivity contribution is 0.325. The van der Waals surface area contributed by atoms with Crippen LogP contribution in [0.2, 0.25) is 0 Å². The number of piperidine rings is 1. The zero-order valence-corrected chi connectivity index (χ0v) is 13.9. The molecule has 6 heteroatoms. The molecule has 0 spiro atoms. The second kappa shape index (κ2) is 7.61. The molecule has 1 fully saturated rings. The van der Waals surface area contributed by atoms with Gasteiger partial charge in [-0.2, -0.15) is 0 Å². The minimum atomic E-state index is 0. The Labute approximate surface area is 137 Å². The van der Waals surface area contributed by atoms with Gasteiger partial charge in [0.05, 0.1) is 17.6 Å². The van der Waals surface area contributed by atoms with Crippen molar-refractivity contribution in [2.24, 2.45) is 0 Å². The van der Waals surface area contributed by atoms with Crippen molar-refractivity contribution in [2.75, 3.05) is 31.6 Å². The quantitative estimate of drug-likeness (QED) is 0.937. The third-order valence-corrected chi connectivity index (χ3v) is 4.01. The van der Waals surface area contributed by atoms with Crippen LogP contribution in [0.3, 0.4) is 0 Å². The molecule has 5 nitrogen and oxygen atoms in total. The van der Waals surface area contributed by atoms with Gasteiger partial charge in [-0.15, -0.1) is 12.4 Å². The molecular weight excluding hydrogens is 300 g/mol. The first-order valence-electron chi connectivity index (χ1n) is 7.63. The highest BCUT2D eigenvalue weighted by molar-refractivity contribution is 5.85. The van der Waals surface area contributed by atoms with Crippen LogP contribution >= 0.6 is 12.4 Å². The summed E-state index contributed by atoms with van der Waals surface area (Å²) in [5.74, 6) is 1.53. The van der Waals surface area contributed by atoms with Crippen molar-refractivity contribution in [3.8, 4) is 5.88 Å². The number of nitrogens with one attached hydrogen (secondary N) is 1. The Kier molecular flexibility index (Phi) is 5.80. The molecule has 0 unspecified atom stereocenters. The van der Waals surface area contributed by atoms with Crippen LogP contribution in [0.25, 0.3) is 11.0 Å². The Morgan fingerprint density at radius 1 is 1.18 bits per heavy atom. The number of hydrogen-bond acceptors (Lipinski definition) is 5. The second-order valence-electron chi connectivity index (χ2n) is 5.32. The molecule has 1 aromatic carbocycles. The number of fused-ring (bicyclic) bond motifs is 1. The van der Waals surface area contributed by atoms with Crippen molar-refractivity contribution >= 4 is 29.3 Å². The van der Waals surface area contributed by atoms with E-state index in [1.54, 1.807) is 0 Å². The van der Waals surface area contributed by atoms with Crippen LogP contribution < -0.4 is 15.0 Å². The monoisotopic (exact) mass is 322 g/mol. The highest BCUT2D eigenvalue weighted by Gasteiger charge is 2.22. The fraction of sp³-hybridized carbons (Fsp3) is 0.500. The van der Waals surface area contributed by atoms with Gasteiger partial charge in [0.1, 0.15) is 0 Å². The maximum Gasteiger partial charge on any atom is 0.258 e. The molecule has 1 aliphatic heterocycles. The van der Waals surface area contributed by atoms with Gasteiger partial charge in [0, 0.05) is 19.1 Å². The van der Waals surface area contributed by atoms with Gasteiger partial charge in [-0.1, -0.05) is 12.1 Å². The second-order valence-corrected chi connectivity index (χ2v) is 5.32. The SMILES string of the molecule is CCOc1nc2ccccc2nc1N1CCC(NC)CC1.Cl. The Bertz CT molecular complexity index is 614. The number of nitrogens with zero attached hydrogens (tertiary/aromatic N) is 3. The fourth-order valence-electron chi connectivity index (χ4n) is 2.79. The third kappa shape index (κ3) is 3.42. The van der Waals surface area contributed by atoms with Gasteiger partial charge in [-0.25, -0.2) is 9.97 Å². The minimum absolute atomic E-state index is 0. The molecule has 3 rings (SSSR count). The van der Waals surface area contributed by atoms with Gasteiger partial charge in [0.2, 0.25) is 0 Å². The standard InChI is InChI=1S/C16H22N4O.ClH/c1-3-21-16-15(20-10-8-12(17-2)9-11-20)18-13-6-4-5-7-14(13)19-16;/h4-7,12,17H,3,8-11H2,1-2H3;1H. The van der Waals surface area contributed by atoms with Gasteiger partial charge < -0.3 is 15.0 Å². The molecule has 1 saturated heterocycles. The summed E-state index contributed by atoms with van der Waals surface area (Å²) < 4.78 is 5.72. The molecule has 22 heavy (non-hydrogen) atoms. The van der Waals surface area contributed by atoms with Gasteiger partial charge in [-0.05, 0) is 38.9 Å². The molecule has 1 N–H and O–H groups in total. The number of rotatable bonds is 4. The lowest BCUT2D eigenvalue weighted by Crippen LogP contribution is -2.41. The van der Waals surface area contributed by atoms with Crippen LogP contribution in [-0.2, 0) is 0 Å². The molecule has 2 heterocycles. The van der Waals surface area contributed by atoms with E-state index in [1.165, 1.54) is 0 Å². The lowest BCUT2D eigenvalue weighted by atomic mass is 10.1. The summed E-state index contributed by atoms with van der Waals surface area (Å²) in [5.41, 5.74) is 1.81. The first-order valence-corrected chi connectivity index (χ1v) is 7.63. The molecule has 0 saturated carbocycles. The summed E-state index contributed by atoms with van der Waals surface area (Å²) in [7, 11) is 2.03. The van der Waals surface area contributed by atoms with E-state index in [4.69, 9.17) is 9.72 Å². The number of ether oxygens (including phenoxy) is 1. The van der Waals surface area contributed by atoms with Crippen LogP contribution in [0, 0.1) is 0 Å². The summed E-state index contributed by atoms with van der Waals surface area (Å²) in [5, 5.41) is 3.35.